The van der Waals surface area contributed by atoms with E-state index < -0.39 is 5.79 Å². The smallest absolute Gasteiger partial charge is 0.306 e. The highest BCUT2D eigenvalue weighted by Gasteiger charge is 2.45. The lowest BCUT2D eigenvalue weighted by atomic mass is 9.92. The average molecular weight is 592 g/mol. The molecule has 5 rings (SSSR count). The van der Waals surface area contributed by atoms with Crippen molar-refractivity contribution >= 4 is 5.97 Å². The van der Waals surface area contributed by atoms with E-state index in [0.29, 0.717) is 32.5 Å². The summed E-state index contributed by atoms with van der Waals surface area (Å²) in [6.45, 7) is 7.05. The number of rotatable bonds is 13. The molecule has 0 spiro atoms. The minimum absolute atomic E-state index is 0.0193. The number of carbonyl (C=O) groups is 1. The SMILES string of the molecule is CC1(C)OCC(COC(=O)CC/C=C\CC[C@@H]2[C@@H](N3CCCCC3)[C@@H](O)C[C@@H]2OCc2ccc(-c3ccccc3)cc2)O1. The monoisotopic (exact) mass is 591 g/mol. The van der Waals surface area contributed by atoms with Gasteiger partial charge in [-0.1, -0.05) is 73.2 Å². The van der Waals surface area contributed by atoms with Crippen LogP contribution in [0.5, 0.6) is 0 Å². The van der Waals surface area contributed by atoms with Crippen molar-refractivity contribution in [2.75, 3.05) is 26.3 Å². The van der Waals surface area contributed by atoms with Gasteiger partial charge in [-0.15, -0.1) is 0 Å². The van der Waals surface area contributed by atoms with Crippen molar-refractivity contribution in [3.8, 4) is 11.1 Å². The van der Waals surface area contributed by atoms with Crippen molar-refractivity contribution in [3.05, 3.63) is 72.3 Å². The molecule has 2 aromatic rings. The number of hydrogen-bond acceptors (Lipinski definition) is 7. The minimum atomic E-state index is -0.611. The second-order valence-corrected chi connectivity index (χ2v) is 12.7. The zero-order chi connectivity index (χ0) is 30.1. The van der Waals surface area contributed by atoms with Crippen LogP contribution in [0.25, 0.3) is 11.1 Å². The maximum Gasteiger partial charge on any atom is 0.306 e. The third-order valence-corrected chi connectivity index (χ3v) is 8.97. The van der Waals surface area contributed by atoms with Crippen LogP contribution in [-0.2, 0) is 30.3 Å². The first-order valence-electron chi connectivity index (χ1n) is 16.2. The van der Waals surface area contributed by atoms with Gasteiger partial charge in [0.25, 0.3) is 0 Å². The molecule has 234 valence electrons. The number of allylic oxidation sites excluding steroid dienone is 2. The highest BCUT2D eigenvalue weighted by molar-refractivity contribution is 5.69. The zero-order valence-corrected chi connectivity index (χ0v) is 25.9. The molecule has 43 heavy (non-hydrogen) atoms. The van der Waals surface area contributed by atoms with Gasteiger partial charge in [-0.05, 0) is 75.7 Å². The summed E-state index contributed by atoms with van der Waals surface area (Å²) < 4.78 is 23.1. The topological polar surface area (TPSA) is 77.5 Å². The lowest BCUT2D eigenvalue weighted by molar-refractivity contribution is -0.158. The Morgan fingerprint density at radius 1 is 1.00 bits per heavy atom. The predicted octanol–water partition coefficient (Wildman–Crippen LogP) is 6.29. The minimum Gasteiger partial charge on any atom is -0.463 e. The van der Waals surface area contributed by atoms with Crippen LogP contribution in [-0.4, -0.2) is 72.4 Å². The number of hydrogen-bond donors (Lipinski definition) is 1. The molecule has 3 aliphatic rings. The summed E-state index contributed by atoms with van der Waals surface area (Å²) in [5, 5.41) is 11.2. The molecule has 2 aliphatic heterocycles. The molecular weight excluding hydrogens is 542 g/mol. The van der Waals surface area contributed by atoms with Crippen LogP contribution in [0.4, 0.5) is 0 Å². The molecule has 7 nitrogen and oxygen atoms in total. The summed E-state index contributed by atoms with van der Waals surface area (Å²) in [7, 11) is 0. The van der Waals surface area contributed by atoms with Gasteiger partial charge in [-0.3, -0.25) is 9.69 Å². The molecule has 7 heteroatoms. The summed E-state index contributed by atoms with van der Waals surface area (Å²) >= 11 is 0. The molecule has 2 aromatic carbocycles. The maximum atomic E-state index is 12.2. The number of nitrogens with zero attached hydrogens (tertiary/aromatic N) is 1. The van der Waals surface area contributed by atoms with Gasteiger partial charge in [0, 0.05) is 24.8 Å². The molecule has 1 unspecified atom stereocenters. The van der Waals surface area contributed by atoms with E-state index in [1.165, 1.54) is 30.4 Å². The van der Waals surface area contributed by atoms with E-state index in [1.807, 2.05) is 19.9 Å². The number of aliphatic hydroxyl groups excluding tert-OH is 1. The highest BCUT2D eigenvalue weighted by Crippen LogP contribution is 2.38. The van der Waals surface area contributed by atoms with E-state index in [2.05, 4.69) is 65.6 Å². The molecule has 0 amide bonds. The summed E-state index contributed by atoms with van der Waals surface area (Å²) in [5.74, 6) is -0.558. The van der Waals surface area contributed by atoms with Crippen LogP contribution < -0.4 is 0 Å². The summed E-state index contributed by atoms with van der Waals surface area (Å²) in [6.07, 6.45) is 10.9. The Morgan fingerprint density at radius 2 is 1.72 bits per heavy atom. The number of esters is 1. The van der Waals surface area contributed by atoms with Crippen LogP contribution in [0.15, 0.2) is 66.7 Å². The Hall–Kier alpha value is -2.55. The van der Waals surface area contributed by atoms with E-state index in [9.17, 15) is 9.90 Å². The summed E-state index contributed by atoms with van der Waals surface area (Å²) in [4.78, 5) is 14.7. The largest absolute Gasteiger partial charge is 0.463 e. The second kappa shape index (κ2) is 15.4. The first kappa shape index (κ1) is 31.9. The van der Waals surface area contributed by atoms with Gasteiger partial charge in [0.15, 0.2) is 5.79 Å². The second-order valence-electron chi connectivity index (χ2n) is 12.7. The fraction of sp³-hybridized carbons (Fsp3) is 0.583. The van der Waals surface area contributed by atoms with Gasteiger partial charge >= 0.3 is 5.97 Å². The molecule has 1 N–H and O–H groups in total. The maximum absolute atomic E-state index is 12.2. The molecular formula is C36H49NO6. The Morgan fingerprint density at radius 3 is 2.44 bits per heavy atom. The molecule has 0 radical (unpaired) electrons. The number of aliphatic hydroxyl groups is 1. The number of benzene rings is 2. The van der Waals surface area contributed by atoms with Gasteiger partial charge in [0.05, 0.1) is 25.4 Å². The van der Waals surface area contributed by atoms with Crippen molar-refractivity contribution < 1.29 is 28.8 Å². The summed E-state index contributed by atoms with van der Waals surface area (Å²) in [6, 6.07) is 19.2. The fourth-order valence-corrected chi connectivity index (χ4v) is 6.79. The Kier molecular flexibility index (Phi) is 11.4. The van der Waals surface area contributed by atoms with Gasteiger partial charge in [-0.2, -0.15) is 0 Å². The molecule has 5 atom stereocenters. The van der Waals surface area contributed by atoms with Gasteiger partial charge in [0.1, 0.15) is 12.7 Å². The van der Waals surface area contributed by atoms with Crippen molar-refractivity contribution in [2.45, 2.75) is 102 Å². The quantitative estimate of drug-likeness (QED) is 0.217. The van der Waals surface area contributed by atoms with Crippen LogP contribution in [0.2, 0.25) is 0 Å². The molecule has 0 bridgehead atoms. The number of ether oxygens (including phenoxy) is 4. The van der Waals surface area contributed by atoms with Crippen LogP contribution in [0, 0.1) is 5.92 Å². The zero-order valence-electron chi connectivity index (χ0n) is 25.9. The summed E-state index contributed by atoms with van der Waals surface area (Å²) in [5.41, 5.74) is 3.56. The first-order valence-corrected chi connectivity index (χ1v) is 16.2. The Bertz CT molecular complexity index is 1160. The van der Waals surface area contributed by atoms with E-state index >= 15 is 0 Å². The van der Waals surface area contributed by atoms with E-state index in [0.717, 1.165) is 31.5 Å². The van der Waals surface area contributed by atoms with Gasteiger partial charge < -0.3 is 24.1 Å². The normalized spacial score (nSPS) is 27.6. The lowest BCUT2D eigenvalue weighted by Gasteiger charge is -2.38. The molecule has 1 aliphatic carbocycles. The van der Waals surface area contributed by atoms with E-state index in [1.54, 1.807) is 0 Å². The van der Waals surface area contributed by atoms with Crippen LogP contribution in [0.1, 0.15) is 70.8 Å². The Balaban J connectivity index is 1.10. The third kappa shape index (κ3) is 9.22. The fourth-order valence-electron chi connectivity index (χ4n) is 6.79. The molecule has 2 saturated heterocycles. The van der Waals surface area contributed by atoms with Crippen LogP contribution in [0.3, 0.4) is 0 Å². The van der Waals surface area contributed by atoms with Crippen molar-refractivity contribution in [2.24, 2.45) is 5.92 Å². The standard InChI is InChI=1S/C36H49NO6/c1-36(2)42-26-30(43-36)25-41-34(39)16-10-4-3-9-15-31-33(23-32(38)35(31)37-21-11-6-12-22-37)40-24-27-17-19-29(20-18-27)28-13-7-5-8-14-28/h3-5,7-8,13-14,17-20,30-33,35,38H,6,9-12,15-16,21-26H2,1-2H3/b4-3-/t30?,31-,32-,33-,35+/m0/s1. The van der Waals surface area contributed by atoms with E-state index in [-0.39, 0.29) is 42.8 Å². The van der Waals surface area contributed by atoms with Gasteiger partial charge in [0.2, 0.25) is 0 Å². The van der Waals surface area contributed by atoms with Crippen molar-refractivity contribution in [3.63, 3.8) is 0 Å². The van der Waals surface area contributed by atoms with Crippen molar-refractivity contribution in [1.82, 2.24) is 4.90 Å². The molecule has 0 aromatic heterocycles. The predicted molar refractivity (Wildman–Crippen MR) is 167 cm³/mol. The number of likely N-dealkylation sites (tertiary alicyclic amines) is 1. The average Bonchev–Trinajstić information content (AvgIpc) is 3.54. The van der Waals surface area contributed by atoms with E-state index in [4.69, 9.17) is 18.9 Å². The molecule has 1 saturated carbocycles. The third-order valence-electron chi connectivity index (χ3n) is 8.97. The lowest BCUT2D eigenvalue weighted by Crippen LogP contribution is -2.47. The molecule has 2 heterocycles. The Labute approximate surface area is 257 Å². The van der Waals surface area contributed by atoms with Crippen LogP contribution >= 0.6 is 0 Å². The number of carbonyl (C=O) groups excluding carboxylic acids is 1. The number of piperidine rings is 1. The van der Waals surface area contributed by atoms with Crippen molar-refractivity contribution in [1.29, 1.82) is 0 Å². The first-order chi connectivity index (χ1) is 20.9. The van der Waals surface area contributed by atoms with Gasteiger partial charge in [-0.25, -0.2) is 0 Å². The molecule has 3 fully saturated rings. The highest BCUT2D eigenvalue weighted by atomic mass is 16.7.